The van der Waals surface area contributed by atoms with Gasteiger partial charge in [-0.15, -0.1) is 10.2 Å². The number of halogens is 1. The number of rotatable bonds is 5. The number of nitrogens with one attached hydrogen (secondary N) is 2. The van der Waals surface area contributed by atoms with Gasteiger partial charge in [0.1, 0.15) is 5.82 Å². The molecule has 0 bridgehead atoms. The minimum Gasteiger partial charge on any atom is -0.356 e. The number of fused-ring (bicyclic) bond motifs is 1. The minimum absolute atomic E-state index is 0.0207. The van der Waals surface area contributed by atoms with Crippen LogP contribution in [0.25, 0.3) is 5.65 Å². The van der Waals surface area contributed by atoms with Crippen molar-refractivity contribution in [3.05, 3.63) is 65.9 Å². The van der Waals surface area contributed by atoms with E-state index in [-0.39, 0.29) is 11.2 Å². The van der Waals surface area contributed by atoms with Crippen LogP contribution in [0.3, 0.4) is 0 Å². The molecule has 2 heterocycles. The van der Waals surface area contributed by atoms with Crippen molar-refractivity contribution in [3.8, 4) is 0 Å². The fraction of sp³-hybridized carbons (Fsp3) is 0.381. The van der Waals surface area contributed by atoms with Gasteiger partial charge >= 0.3 is 0 Å². The van der Waals surface area contributed by atoms with E-state index in [2.05, 4.69) is 25.8 Å². The van der Waals surface area contributed by atoms with E-state index in [0.717, 1.165) is 36.8 Å². The maximum atomic E-state index is 13.4. The largest absolute Gasteiger partial charge is 0.356 e. The first kappa shape index (κ1) is 18.4. The van der Waals surface area contributed by atoms with Gasteiger partial charge in [0.05, 0.1) is 6.54 Å². The predicted octanol–water partition coefficient (Wildman–Crippen LogP) is 3.05. The predicted molar refractivity (Wildman–Crippen MR) is 108 cm³/mol. The Morgan fingerprint density at radius 3 is 2.64 bits per heavy atom. The molecule has 1 saturated carbocycles. The molecule has 3 aromatic rings. The van der Waals surface area contributed by atoms with Gasteiger partial charge in [-0.05, 0) is 42.7 Å². The average molecular weight is 380 g/mol. The van der Waals surface area contributed by atoms with E-state index in [0.29, 0.717) is 6.54 Å². The van der Waals surface area contributed by atoms with Crippen LogP contribution >= 0.6 is 0 Å². The molecule has 0 saturated heterocycles. The Labute approximate surface area is 163 Å². The highest BCUT2D eigenvalue weighted by molar-refractivity contribution is 5.79. The molecule has 0 unspecified atom stereocenters. The summed E-state index contributed by atoms with van der Waals surface area (Å²) in [4.78, 5) is 4.34. The topological polar surface area (TPSA) is 66.6 Å². The van der Waals surface area contributed by atoms with Gasteiger partial charge in [0.15, 0.2) is 17.4 Å². The number of hydrogen-bond donors (Lipinski definition) is 2. The van der Waals surface area contributed by atoms with Crippen LogP contribution in [0.15, 0.2) is 53.7 Å². The highest BCUT2D eigenvalue weighted by Crippen LogP contribution is 2.40. The maximum absolute atomic E-state index is 13.4. The van der Waals surface area contributed by atoms with Gasteiger partial charge < -0.3 is 10.6 Å². The standard InChI is InChI=1S/C21H25FN6/c1-23-20(24-14-19-27-26-18-6-2-5-13-28(18)19)25-15-21(11-3-4-12-21)16-7-9-17(22)10-8-16/h2,5-10,13H,3-4,11-12,14-15H2,1H3,(H2,23,24,25). The van der Waals surface area contributed by atoms with E-state index in [1.165, 1.54) is 18.4 Å². The molecule has 1 aromatic carbocycles. The second kappa shape index (κ2) is 7.96. The zero-order chi connectivity index (χ0) is 19.4. The number of aliphatic imine (C=N–C) groups is 1. The smallest absolute Gasteiger partial charge is 0.191 e. The Hall–Kier alpha value is -2.96. The number of aromatic nitrogens is 3. The van der Waals surface area contributed by atoms with E-state index in [1.807, 2.05) is 40.9 Å². The van der Waals surface area contributed by atoms with Crippen molar-refractivity contribution in [2.45, 2.75) is 37.6 Å². The Kier molecular flexibility index (Phi) is 5.23. The van der Waals surface area contributed by atoms with Crippen molar-refractivity contribution in [2.24, 2.45) is 4.99 Å². The van der Waals surface area contributed by atoms with Crippen LogP contribution in [0, 0.1) is 5.82 Å². The molecule has 0 aliphatic heterocycles. The van der Waals surface area contributed by atoms with Crippen molar-refractivity contribution in [2.75, 3.05) is 13.6 Å². The Morgan fingerprint density at radius 2 is 1.89 bits per heavy atom. The number of nitrogens with zero attached hydrogens (tertiary/aromatic N) is 4. The summed E-state index contributed by atoms with van der Waals surface area (Å²) in [5.41, 5.74) is 2.04. The summed E-state index contributed by atoms with van der Waals surface area (Å²) in [5.74, 6) is 1.36. The molecule has 2 aromatic heterocycles. The summed E-state index contributed by atoms with van der Waals surface area (Å²) >= 11 is 0. The zero-order valence-electron chi connectivity index (χ0n) is 16.0. The average Bonchev–Trinajstić information content (AvgIpc) is 3.37. The van der Waals surface area contributed by atoms with Crippen LogP contribution in [0.2, 0.25) is 0 Å². The molecule has 28 heavy (non-hydrogen) atoms. The van der Waals surface area contributed by atoms with Crippen LogP contribution in [-0.4, -0.2) is 34.2 Å². The molecule has 0 spiro atoms. The molecule has 1 aliphatic rings. The van der Waals surface area contributed by atoms with Crippen LogP contribution in [0.1, 0.15) is 37.1 Å². The third kappa shape index (κ3) is 3.69. The van der Waals surface area contributed by atoms with Crippen molar-refractivity contribution in [3.63, 3.8) is 0 Å². The maximum Gasteiger partial charge on any atom is 0.191 e. The van der Waals surface area contributed by atoms with Crippen molar-refractivity contribution < 1.29 is 4.39 Å². The molecule has 4 rings (SSSR count). The third-order valence-corrected chi connectivity index (χ3v) is 5.63. The van der Waals surface area contributed by atoms with Gasteiger partial charge in [0, 0.05) is 25.2 Å². The molecule has 6 nitrogen and oxygen atoms in total. The van der Waals surface area contributed by atoms with E-state index in [1.54, 1.807) is 19.2 Å². The number of benzene rings is 1. The monoisotopic (exact) mass is 380 g/mol. The first-order valence-corrected chi connectivity index (χ1v) is 9.69. The fourth-order valence-electron chi connectivity index (χ4n) is 4.07. The Morgan fingerprint density at radius 1 is 1.11 bits per heavy atom. The third-order valence-electron chi connectivity index (χ3n) is 5.63. The lowest BCUT2D eigenvalue weighted by Gasteiger charge is -2.30. The first-order valence-electron chi connectivity index (χ1n) is 9.69. The minimum atomic E-state index is -0.192. The van der Waals surface area contributed by atoms with Gasteiger partial charge in [-0.2, -0.15) is 0 Å². The second-order valence-electron chi connectivity index (χ2n) is 7.32. The van der Waals surface area contributed by atoms with Crippen LogP contribution in [0.5, 0.6) is 0 Å². The lowest BCUT2D eigenvalue weighted by Crippen LogP contribution is -2.44. The lowest BCUT2D eigenvalue weighted by molar-refractivity contribution is 0.430. The van der Waals surface area contributed by atoms with Crippen LogP contribution in [0.4, 0.5) is 4.39 Å². The molecule has 1 fully saturated rings. The molecule has 7 heteroatoms. The summed E-state index contributed by atoms with van der Waals surface area (Å²) in [5, 5.41) is 15.2. The SMILES string of the molecule is CN=C(NCc1nnc2ccccn12)NCC1(c2ccc(F)cc2)CCCC1. The molecule has 1 aliphatic carbocycles. The van der Waals surface area contributed by atoms with Gasteiger partial charge in [-0.25, -0.2) is 4.39 Å². The molecule has 0 amide bonds. The second-order valence-corrected chi connectivity index (χ2v) is 7.32. The summed E-state index contributed by atoms with van der Waals surface area (Å²) in [6.07, 6.45) is 6.52. The lowest BCUT2D eigenvalue weighted by atomic mass is 9.79. The number of pyridine rings is 1. The fourth-order valence-corrected chi connectivity index (χ4v) is 4.07. The number of hydrogen-bond acceptors (Lipinski definition) is 3. The molecule has 0 radical (unpaired) electrons. The van der Waals surface area contributed by atoms with E-state index in [9.17, 15) is 4.39 Å². The highest BCUT2D eigenvalue weighted by atomic mass is 19.1. The normalized spacial score (nSPS) is 16.4. The highest BCUT2D eigenvalue weighted by Gasteiger charge is 2.35. The molecular formula is C21H25FN6. The van der Waals surface area contributed by atoms with E-state index in [4.69, 9.17) is 0 Å². The Balaban J connectivity index is 1.42. The van der Waals surface area contributed by atoms with Crippen molar-refractivity contribution >= 4 is 11.6 Å². The molecule has 0 atom stereocenters. The van der Waals surface area contributed by atoms with E-state index >= 15 is 0 Å². The first-order chi connectivity index (χ1) is 13.7. The molecule has 146 valence electrons. The Bertz CT molecular complexity index is 956. The van der Waals surface area contributed by atoms with E-state index < -0.39 is 0 Å². The van der Waals surface area contributed by atoms with Gasteiger partial charge in [-0.1, -0.05) is 31.0 Å². The van der Waals surface area contributed by atoms with Gasteiger partial charge in [-0.3, -0.25) is 9.39 Å². The molecule has 2 N–H and O–H groups in total. The van der Waals surface area contributed by atoms with Crippen molar-refractivity contribution in [1.82, 2.24) is 25.2 Å². The summed E-state index contributed by atoms with van der Waals surface area (Å²) in [6.45, 7) is 1.29. The van der Waals surface area contributed by atoms with Gasteiger partial charge in [0.25, 0.3) is 0 Å². The van der Waals surface area contributed by atoms with Crippen LogP contribution in [-0.2, 0) is 12.0 Å². The van der Waals surface area contributed by atoms with Crippen LogP contribution < -0.4 is 10.6 Å². The quantitative estimate of drug-likeness (QED) is 0.527. The summed E-state index contributed by atoms with van der Waals surface area (Å²) in [7, 11) is 1.76. The number of guanidine groups is 1. The zero-order valence-corrected chi connectivity index (χ0v) is 16.0. The summed E-state index contributed by atoms with van der Waals surface area (Å²) < 4.78 is 15.3. The molecular weight excluding hydrogens is 355 g/mol. The van der Waals surface area contributed by atoms with Crippen molar-refractivity contribution in [1.29, 1.82) is 0 Å². The van der Waals surface area contributed by atoms with Gasteiger partial charge in [0.2, 0.25) is 0 Å². The summed E-state index contributed by atoms with van der Waals surface area (Å²) in [6, 6.07) is 12.8.